The van der Waals surface area contributed by atoms with Gasteiger partial charge in [0.1, 0.15) is 0 Å². The first-order valence-electron chi connectivity index (χ1n) is 2.17. The van der Waals surface area contributed by atoms with E-state index in [1.54, 1.807) is 16.8 Å². The van der Waals surface area contributed by atoms with Crippen molar-refractivity contribution in [1.29, 1.82) is 0 Å². The summed E-state index contributed by atoms with van der Waals surface area (Å²) < 4.78 is 2.71. The van der Waals surface area contributed by atoms with Crippen LogP contribution in [0, 0.1) is 0 Å². The van der Waals surface area contributed by atoms with Gasteiger partial charge >= 0.3 is 0 Å². The SMILES string of the molecule is SNCc1cscn1. The van der Waals surface area contributed by atoms with E-state index in [0.717, 1.165) is 12.2 Å². The van der Waals surface area contributed by atoms with Gasteiger partial charge in [0, 0.05) is 11.9 Å². The molecule has 2 nitrogen and oxygen atoms in total. The second-order valence-corrected chi connectivity index (χ2v) is 2.35. The van der Waals surface area contributed by atoms with Gasteiger partial charge in [0.15, 0.2) is 0 Å². The molecule has 0 bridgehead atoms. The number of nitrogens with one attached hydrogen (secondary N) is 1. The van der Waals surface area contributed by atoms with Crippen LogP contribution in [0.25, 0.3) is 0 Å². The van der Waals surface area contributed by atoms with Crippen molar-refractivity contribution in [1.82, 2.24) is 9.71 Å². The summed E-state index contributed by atoms with van der Waals surface area (Å²) in [6, 6.07) is 0. The summed E-state index contributed by atoms with van der Waals surface area (Å²) in [5, 5.41) is 1.99. The van der Waals surface area contributed by atoms with E-state index in [4.69, 9.17) is 0 Å². The average molecular weight is 146 g/mol. The van der Waals surface area contributed by atoms with Crippen molar-refractivity contribution >= 4 is 24.2 Å². The smallest absolute Gasteiger partial charge is 0.0795 e. The molecule has 1 rings (SSSR count). The lowest BCUT2D eigenvalue weighted by atomic mass is 10.5. The maximum Gasteiger partial charge on any atom is 0.0795 e. The van der Waals surface area contributed by atoms with E-state index in [-0.39, 0.29) is 0 Å². The van der Waals surface area contributed by atoms with E-state index in [0.29, 0.717) is 0 Å². The molecule has 0 atom stereocenters. The fourth-order valence-electron chi connectivity index (χ4n) is 0.406. The normalized spacial score (nSPS) is 9.62. The molecular weight excluding hydrogens is 140 g/mol. The molecular formula is C4H6N2S2. The first kappa shape index (κ1) is 6.07. The molecule has 0 aliphatic rings. The standard InChI is InChI=1S/C4H6N2S2/c7-6-1-4-2-8-3-5-4/h2-3,6-7H,1H2. The Morgan fingerprint density at radius 1 is 1.88 bits per heavy atom. The predicted octanol–water partition coefficient (Wildman–Crippen LogP) is 1.08. The molecule has 0 aliphatic heterocycles. The predicted molar refractivity (Wildman–Crippen MR) is 37.9 cm³/mol. The molecule has 4 heteroatoms. The summed E-state index contributed by atoms with van der Waals surface area (Å²) in [4.78, 5) is 4.01. The van der Waals surface area contributed by atoms with E-state index in [1.807, 2.05) is 5.38 Å². The third-order valence-electron chi connectivity index (χ3n) is 0.744. The van der Waals surface area contributed by atoms with E-state index in [1.165, 1.54) is 0 Å². The van der Waals surface area contributed by atoms with Crippen LogP contribution in [0.1, 0.15) is 5.69 Å². The molecule has 1 N–H and O–H groups in total. The van der Waals surface area contributed by atoms with Gasteiger partial charge in [-0.3, -0.25) is 4.72 Å². The quantitative estimate of drug-likeness (QED) is 0.610. The minimum atomic E-state index is 0.743. The number of rotatable bonds is 2. The van der Waals surface area contributed by atoms with Gasteiger partial charge in [-0.1, -0.05) is 12.8 Å². The molecule has 1 heterocycles. The van der Waals surface area contributed by atoms with Crippen LogP contribution in [0.15, 0.2) is 10.9 Å². The Kier molecular flexibility index (Phi) is 2.32. The Balaban J connectivity index is 2.50. The van der Waals surface area contributed by atoms with Crippen molar-refractivity contribution in [2.75, 3.05) is 0 Å². The van der Waals surface area contributed by atoms with Crippen molar-refractivity contribution < 1.29 is 0 Å². The average Bonchev–Trinajstić information content (AvgIpc) is 2.19. The zero-order chi connectivity index (χ0) is 5.82. The molecule has 0 saturated heterocycles. The number of nitrogens with zero attached hydrogens (tertiary/aromatic N) is 1. The molecule has 0 fully saturated rings. The third-order valence-corrected chi connectivity index (χ3v) is 1.54. The number of hydrogen-bond acceptors (Lipinski definition) is 4. The van der Waals surface area contributed by atoms with E-state index in [9.17, 15) is 0 Å². The molecule has 1 aromatic rings. The van der Waals surface area contributed by atoms with Crippen LogP contribution in [-0.4, -0.2) is 4.98 Å². The van der Waals surface area contributed by atoms with Gasteiger partial charge in [-0.25, -0.2) is 4.98 Å². The van der Waals surface area contributed by atoms with Gasteiger partial charge < -0.3 is 0 Å². The van der Waals surface area contributed by atoms with Crippen molar-refractivity contribution in [2.24, 2.45) is 0 Å². The van der Waals surface area contributed by atoms with Crippen LogP contribution in [0.3, 0.4) is 0 Å². The van der Waals surface area contributed by atoms with Crippen LogP contribution < -0.4 is 4.72 Å². The maximum atomic E-state index is 4.01. The highest BCUT2D eigenvalue weighted by atomic mass is 32.1. The van der Waals surface area contributed by atoms with Crippen LogP contribution in [-0.2, 0) is 6.54 Å². The minimum absolute atomic E-state index is 0.743. The Labute approximate surface area is 57.5 Å². The van der Waals surface area contributed by atoms with E-state index >= 15 is 0 Å². The van der Waals surface area contributed by atoms with Crippen molar-refractivity contribution in [3.8, 4) is 0 Å². The zero-order valence-electron chi connectivity index (χ0n) is 4.16. The molecule has 0 saturated carbocycles. The number of hydrogen-bond donors (Lipinski definition) is 2. The number of aromatic nitrogens is 1. The third kappa shape index (κ3) is 1.47. The molecule has 1 aromatic heterocycles. The Bertz CT molecular complexity index is 138. The van der Waals surface area contributed by atoms with E-state index in [2.05, 4.69) is 22.5 Å². The molecule has 0 aromatic carbocycles. The molecule has 44 valence electrons. The van der Waals surface area contributed by atoms with Crippen molar-refractivity contribution in [3.63, 3.8) is 0 Å². The second-order valence-electron chi connectivity index (χ2n) is 1.31. The van der Waals surface area contributed by atoms with Crippen molar-refractivity contribution in [3.05, 3.63) is 16.6 Å². The lowest BCUT2D eigenvalue weighted by molar-refractivity contribution is 0.943. The van der Waals surface area contributed by atoms with Crippen LogP contribution >= 0.6 is 24.2 Å². The lowest BCUT2D eigenvalue weighted by Crippen LogP contribution is -1.97. The first-order chi connectivity index (χ1) is 3.93. The Hall–Kier alpha value is -0.0600. The zero-order valence-corrected chi connectivity index (χ0v) is 5.88. The topological polar surface area (TPSA) is 24.9 Å². The minimum Gasteiger partial charge on any atom is -0.261 e. The second kappa shape index (κ2) is 3.06. The summed E-state index contributed by atoms with van der Waals surface area (Å²) in [6.07, 6.45) is 0. The summed E-state index contributed by atoms with van der Waals surface area (Å²) in [7, 11) is 0. The fourth-order valence-corrected chi connectivity index (χ4v) is 1.13. The first-order valence-corrected chi connectivity index (χ1v) is 3.56. The van der Waals surface area contributed by atoms with Gasteiger partial charge in [0.25, 0.3) is 0 Å². The monoisotopic (exact) mass is 146 g/mol. The number of thiol groups is 1. The van der Waals surface area contributed by atoms with Gasteiger partial charge in [-0.2, -0.15) is 0 Å². The molecule has 0 spiro atoms. The van der Waals surface area contributed by atoms with Crippen LogP contribution in [0.5, 0.6) is 0 Å². The van der Waals surface area contributed by atoms with Gasteiger partial charge in [0.05, 0.1) is 11.2 Å². The highest BCUT2D eigenvalue weighted by molar-refractivity contribution is 7.78. The van der Waals surface area contributed by atoms with Crippen LogP contribution in [0.4, 0.5) is 0 Å². The summed E-state index contributed by atoms with van der Waals surface area (Å²) in [6.45, 7) is 0.743. The lowest BCUT2D eigenvalue weighted by Gasteiger charge is -1.87. The molecule has 8 heavy (non-hydrogen) atoms. The van der Waals surface area contributed by atoms with E-state index < -0.39 is 0 Å². The highest BCUT2D eigenvalue weighted by Crippen LogP contribution is 1.99. The Morgan fingerprint density at radius 3 is 3.25 bits per heavy atom. The van der Waals surface area contributed by atoms with Crippen molar-refractivity contribution in [2.45, 2.75) is 6.54 Å². The Morgan fingerprint density at radius 2 is 2.75 bits per heavy atom. The van der Waals surface area contributed by atoms with Gasteiger partial charge in [-0.05, 0) is 0 Å². The molecule has 0 aliphatic carbocycles. The molecule has 0 amide bonds. The largest absolute Gasteiger partial charge is 0.261 e. The molecule has 0 unspecified atom stereocenters. The van der Waals surface area contributed by atoms with Gasteiger partial charge in [-0.15, -0.1) is 11.3 Å². The maximum absolute atomic E-state index is 4.01. The summed E-state index contributed by atoms with van der Waals surface area (Å²) in [5.74, 6) is 0. The summed E-state index contributed by atoms with van der Waals surface area (Å²) >= 11 is 5.42. The van der Waals surface area contributed by atoms with Crippen LogP contribution in [0.2, 0.25) is 0 Å². The summed E-state index contributed by atoms with van der Waals surface area (Å²) in [5.41, 5.74) is 2.85. The van der Waals surface area contributed by atoms with Gasteiger partial charge in [0.2, 0.25) is 0 Å². The molecule has 0 radical (unpaired) electrons. The highest BCUT2D eigenvalue weighted by Gasteiger charge is 1.88. The fraction of sp³-hybridized carbons (Fsp3) is 0.250. The number of thiazole rings is 1.